The smallest absolute Gasteiger partial charge is 0.410 e. The lowest BCUT2D eigenvalue weighted by atomic mass is 9.95. The van der Waals surface area contributed by atoms with E-state index in [1.54, 1.807) is 23.1 Å². The van der Waals surface area contributed by atoms with Crippen molar-refractivity contribution in [1.82, 2.24) is 9.88 Å². The summed E-state index contributed by atoms with van der Waals surface area (Å²) in [6.07, 6.45) is 2.54. The first-order valence-corrected chi connectivity index (χ1v) is 11.5. The predicted molar refractivity (Wildman–Crippen MR) is 127 cm³/mol. The number of carbonyl (C=O) groups is 2. The van der Waals surface area contributed by atoms with Gasteiger partial charge in [0.1, 0.15) is 16.0 Å². The summed E-state index contributed by atoms with van der Waals surface area (Å²) in [4.78, 5) is 33.7. The maximum absolute atomic E-state index is 13.6. The lowest BCUT2D eigenvalue weighted by Gasteiger charge is -2.35. The van der Waals surface area contributed by atoms with Gasteiger partial charge in [-0.15, -0.1) is 0 Å². The van der Waals surface area contributed by atoms with Crippen molar-refractivity contribution in [3.8, 4) is 5.75 Å². The molecule has 1 saturated heterocycles. The van der Waals surface area contributed by atoms with Crippen molar-refractivity contribution in [3.63, 3.8) is 0 Å². The normalized spacial score (nSPS) is 14.7. The van der Waals surface area contributed by atoms with Gasteiger partial charge < -0.3 is 19.3 Å². The van der Waals surface area contributed by atoms with Crippen molar-refractivity contribution >= 4 is 33.6 Å². The Morgan fingerprint density at radius 2 is 1.81 bits per heavy atom. The van der Waals surface area contributed by atoms with E-state index in [0.717, 1.165) is 17.0 Å². The van der Waals surface area contributed by atoms with Crippen molar-refractivity contribution in [2.45, 2.75) is 45.8 Å². The third-order valence-electron chi connectivity index (χ3n) is 5.29. The average Bonchev–Trinajstić information content (AvgIpc) is 2.77. The van der Waals surface area contributed by atoms with Gasteiger partial charge >= 0.3 is 6.09 Å². The summed E-state index contributed by atoms with van der Waals surface area (Å²) in [6.45, 7) is 6.96. The number of amides is 2. The molecule has 2 aromatic rings. The fraction of sp³-hybridized carbons (Fsp3) is 0.458. The third-order valence-corrected chi connectivity index (χ3v) is 5.90. The number of rotatable bonds is 5. The highest BCUT2D eigenvalue weighted by molar-refractivity contribution is 9.10. The second-order valence-electron chi connectivity index (χ2n) is 8.83. The zero-order valence-corrected chi connectivity index (χ0v) is 20.6. The summed E-state index contributed by atoms with van der Waals surface area (Å²) >= 11 is 3.49. The number of methoxy groups -OCH3 is 1. The molecule has 32 heavy (non-hydrogen) atoms. The van der Waals surface area contributed by atoms with E-state index in [2.05, 4.69) is 20.9 Å². The van der Waals surface area contributed by atoms with Crippen LogP contribution in [0.25, 0.3) is 0 Å². The molecule has 1 fully saturated rings. The molecular formula is C24H30BrN3O4. The van der Waals surface area contributed by atoms with Crippen LogP contribution < -0.4 is 9.64 Å². The number of pyridine rings is 1. The van der Waals surface area contributed by atoms with Gasteiger partial charge in [-0.3, -0.25) is 4.79 Å². The molecule has 0 radical (unpaired) electrons. The van der Waals surface area contributed by atoms with Crippen molar-refractivity contribution in [2.75, 3.05) is 25.1 Å². The molecule has 0 bridgehead atoms. The summed E-state index contributed by atoms with van der Waals surface area (Å²) in [7, 11) is 1.63. The van der Waals surface area contributed by atoms with Crippen LogP contribution in [0.5, 0.6) is 5.75 Å². The van der Waals surface area contributed by atoms with Gasteiger partial charge in [-0.2, -0.15) is 0 Å². The van der Waals surface area contributed by atoms with E-state index in [9.17, 15) is 9.59 Å². The number of anilines is 1. The van der Waals surface area contributed by atoms with E-state index in [-0.39, 0.29) is 17.9 Å². The molecule has 3 rings (SSSR count). The molecule has 0 atom stereocenters. The minimum absolute atomic E-state index is 0.0263. The number of halogens is 1. The van der Waals surface area contributed by atoms with Crippen molar-refractivity contribution in [1.29, 1.82) is 0 Å². The van der Waals surface area contributed by atoms with Gasteiger partial charge in [0.2, 0.25) is 5.91 Å². The van der Waals surface area contributed by atoms with Crippen LogP contribution in [0.2, 0.25) is 0 Å². The summed E-state index contributed by atoms with van der Waals surface area (Å²) < 4.78 is 11.3. The van der Waals surface area contributed by atoms with Gasteiger partial charge in [-0.1, -0.05) is 12.1 Å². The van der Waals surface area contributed by atoms with Crippen LogP contribution in [0.3, 0.4) is 0 Å². The number of likely N-dealkylation sites (tertiary alicyclic amines) is 1. The molecule has 0 aliphatic carbocycles. The van der Waals surface area contributed by atoms with Crippen molar-refractivity contribution < 1.29 is 19.1 Å². The van der Waals surface area contributed by atoms with Crippen LogP contribution in [0, 0.1) is 5.92 Å². The molecule has 1 aliphatic rings. The zero-order chi connectivity index (χ0) is 23.3. The van der Waals surface area contributed by atoms with Gasteiger partial charge in [-0.05, 0) is 79.4 Å². The molecule has 172 valence electrons. The number of benzene rings is 1. The van der Waals surface area contributed by atoms with Crippen LogP contribution in [-0.2, 0) is 16.1 Å². The molecule has 0 N–H and O–H groups in total. The quantitative estimate of drug-likeness (QED) is 0.534. The molecule has 1 aliphatic heterocycles. The van der Waals surface area contributed by atoms with Gasteiger partial charge in [0, 0.05) is 25.2 Å². The maximum atomic E-state index is 13.6. The van der Waals surface area contributed by atoms with E-state index in [1.165, 1.54) is 0 Å². The molecule has 1 aromatic heterocycles. The molecule has 2 heterocycles. The average molecular weight is 504 g/mol. The lowest BCUT2D eigenvalue weighted by molar-refractivity contribution is -0.124. The van der Waals surface area contributed by atoms with Crippen LogP contribution in [0.15, 0.2) is 47.2 Å². The van der Waals surface area contributed by atoms with E-state index < -0.39 is 5.60 Å². The molecule has 8 heteroatoms. The first kappa shape index (κ1) is 24.0. The molecule has 7 nitrogen and oxygen atoms in total. The number of nitrogens with zero attached hydrogens (tertiary/aromatic N) is 3. The maximum Gasteiger partial charge on any atom is 0.410 e. The van der Waals surface area contributed by atoms with Crippen molar-refractivity contribution in [3.05, 3.63) is 52.8 Å². The number of ether oxygens (including phenoxy) is 2. The number of piperidine rings is 1. The van der Waals surface area contributed by atoms with E-state index in [1.807, 2.05) is 57.2 Å². The number of carbonyl (C=O) groups excluding carboxylic acids is 2. The summed E-state index contributed by atoms with van der Waals surface area (Å²) in [5.74, 6) is 0.612. The first-order chi connectivity index (χ1) is 15.2. The minimum atomic E-state index is -0.536. The van der Waals surface area contributed by atoms with Crippen LogP contribution in [-0.4, -0.2) is 47.7 Å². The standard InChI is InChI=1S/C24H30BrN3O4/c1-24(2,3)32-23(30)27-14-11-18(12-15-27)22(29)28(20-6-5-13-26-21(20)25)16-17-7-9-19(31-4)10-8-17/h5-10,13,18H,11-12,14-16H2,1-4H3. The monoisotopic (exact) mass is 503 g/mol. The van der Waals surface area contributed by atoms with E-state index in [0.29, 0.717) is 37.1 Å². The fourth-order valence-corrected chi connectivity index (χ4v) is 4.09. The van der Waals surface area contributed by atoms with Crippen LogP contribution in [0.4, 0.5) is 10.5 Å². The van der Waals surface area contributed by atoms with Gasteiger partial charge in [0.15, 0.2) is 0 Å². The Labute approximate surface area is 197 Å². The van der Waals surface area contributed by atoms with Crippen LogP contribution >= 0.6 is 15.9 Å². The zero-order valence-electron chi connectivity index (χ0n) is 19.0. The van der Waals surface area contributed by atoms with Gasteiger partial charge in [-0.25, -0.2) is 9.78 Å². The second-order valence-corrected chi connectivity index (χ2v) is 9.58. The molecular weight excluding hydrogens is 474 g/mol. The lowest BCUT2D eigenvalue weighted by Crippen LogP contribution is -2.46. The largest absolute Gasteiger partial charge is 0.497 e. The number of aromatic nitrogens is 1. The number of hydrogen-bond acceptors (Lipinski definition) is 5. The van der Waals surface area contributed by atoms with Gasteiger partial charge in [0.05, 0.1) is 19.3 Å². The van der Waals surface area contributed by atoms with Crippen molar-refractivity contribution in [2.24, 2.45) is 5.92 Å². The Morgan fingerprint density at radius 3 is 2.38 bits per heavy atom. The topological polar surface area (TPSA) is 72.0 Å². The highest BCUT2D eigenvalue weighted by atomic mass is 79.9. The Morgan fingerprint density at radius 1 is 1.16 bits per heavy atom. The SMILES string of the molecule is COc1ccc(CN(C(=O)C2CCN(C(=O)OC(C)(C)C)CC2)c2cccnc2Br)cc1. The molecule has 1 aromatic carbocycles. The predicted octanol–water partition coefficient (Wildman–Crippen LogP) is 5.03. The first-order valence-electron chi connectivity index (χ1n) is 10.7. The number of hydrogen-bond donors (Lipinski definition) is 0. The molecule has 0 spiro atoms. The minimum Gasteiger partial charge on any atom is -0.497 e. The van der Waals surface area contributed by atoms with Crippen LogP contribution in [0.1, 0.15) is 39.2 Å². The van der Waals surface area contributed by atoms with E-state index in [4.69, 9.17) is 9.47 Å². The molecule has 0 saturated carbocycles. The summed E-state index contributed by atoms with van der Waals surface area (Å²) in [6, 6.07) is 11.4. The van der Waals surface area contributed by atoms with Gasteiger partial charge in [0.25, 0.3) is 0 Å². The third kappa shape index (κ3) is 6.22. The van der Waals surface area contributed by atoms with E-state index >= 15 is 0 Å². The Kier molecular flexibility index (Phi) is 7.77. The highest BCUT2D eigenvalue weighted by Crippen LogP contribution is 2.30. The molecule has 2 amide bonds. The highest BCUT2D eigenvalue weighted by Gasteiger charge is 2.33. The fourth-order valence-electron chi connectivity index (χ4n) is 3.63. The summed E-state index contributed by atoms with van der Waals surface area (Å²) in [5, 5.41) is 0. The Bertz CT molecular complexity index is 935. The molecule has 0 unspecified atom stereocenters. The second kappa shape index (κ2) is 10.3. The summed E-state index contributed by atoms with van der Waals surface area (Å²) in [5.41, 5.74) is 1.18. The Balaban J connectivity index is 1.74. The Hall–Kier alpha value is -2.61.